The normalized spacial score (nSPS) is 11.7. The van der Waals surface area contributed by atoms with Crippen molar-refractivity contribution in [2.45, 2.75) is 11.9 Å². The third kappa shape index (κ3) is 2.35. The van der Waals surface area contributed by atoms with Crippen LogP contribution in [0.15, 0.2) is 47.8 Å². The average Bonchev–Trinajstić information content (AvgIpc) is 2.86. The summed E-state index contributed by atoms with van der Waals surface area (Å²) in [5.74, 6) is 0.544. The number of imidazole rings is 1. The number of nitrogens with zero attached hydrogens (tertiary/aromatic N) is 2. The Bertz CT molecular complexity index is 871. The molecule has 1 aromatic carbocycles. The smallest absolute Gasteiger partial charge is 0.279 e. The number of aromatic amines is 1. The molecule has 6 nitrogen and oxygen atoms in total. The molecule has 0 saturated heterocycles. The van der Waals surface area contributed by atoms with Gasteiger partial charge in [-0.1, -0.05) is 18.2 Å². The van der Waals surface area contributed by atoms with Crippen LogP contribution in [0, 0.1) is 6.92 Å². The molecule has 0 radical (unpaired) electrons. The van der Waals surface area contributed by atoms with Gasteiger partial charge in [-0.2, -0.15) is 8.42 Å². The van der Waals surface area contributed by atoms with Gasteiger partial charge in [0.2, 0.25) is 0 Å². The Morgan fingerprint density at radius 3 is 2.70 bits per heavy atom. The van der Waals surface area contributed by atoms with Crippen molar-refractivity contribution in [3.05, 3.63) is 48.5 Å². The lowest BCUT2D eigenvalue weighted by molar-refractivity contribution is 0.598. The maximum absolute atomic E-state index is 12.1. The van der Waals surface area contributed by atoms with E-state index < -0.39 is 10.0 Å². The van der Waals surface area contributed by atoms with E-state index in [-0.39, 0.29) is 5.03 Å². The van der Waals surface area contributed by atoms with Crippen molar-refractivity contribution in [2.75, 3.05) is 4.72 Å². The summed E-state index contributed by atoms with van der Waals surface area (Å²) in [4.78, 5) is 10.8. The number of H-pyrrole nitrogens is 1. The van der Waals surface area contributed by atoms with Crippen LogP contribution in [0.25, 0.3) is 10.9 Å². The Hall–Kier alpha value is -2.41. The number of hydrogen-bond acceptors (Lipinski definition) is 4. The monoisotopic (exact) mass is 288 g/mol. The van der Waals surface area contributed by atoms with Crippen molar-refractivity contribution in [1.82, 2.24) is 15.0 Å². The molecule has 20 heavy (non-hydrogen) atoms. The zero-order chi connectivity index (χ0) is 14.2. The number of hydrogen-bond donors (Lipinski definition) is 2. The lowest BCUT2D eigenvalue weighted by Gasteiger charge is -2.06. The van der Waals surface area contributed by atoms with Crippen LogP contribution >= 0.6 is 0 Å². The largest absolute Gasteiger partial charge is 0.332 e. The number of rotatable bonds is 3. The molecule has 0 amide bonds. The van der Waals surface area contributed by atoms with Crippen LogP contribution in [0.1, 0.15) is 5.82 Å². The predicted octanol–water partition coefficient (Wildman–Crippen LogP) is 2.07. The number of para-hydroxylation sites is 1. The second kappa shape index (κ2) is 4.61. The molecule has 0 fully saturated rings. The van der Waals surface area contributed by atoms with Crippen molar-refractivity contribution in [3.63, 3.8) is 0 Å². The Morgan fingerprint density at radius 1 is 1.15 bits per heavy atom. The first kappa shape index (κ1) is 12.6. The fourth-order valence-corrected chi connectivity index (χ4v) is 2.88. The summed E-state index contributed by atoms with van der Waals surface area (Å²) >= 11 is 0. The molecule has 2 heterocycles. The second-order valence-corrected chi connectivity index (χ2v) is 6.01. The van der Waals surface area contributed by atoms with E-state index in [2.05, 4.69) is 19.7 Å². The quantitative estimate of drug-likeness (QED) is 0.772. The van der Waals surface area contributed by atoms with Gasteiger partial charge in [-0.05, 0) is 19.1 Å². The minimum absolute atomic E-state index is 0.0307. The standard InChI is InChI=1S/C13H12N4O2S/c1-9-14-8-13(16-9)20(18,19)17-11-6-10-4-2-3-5-12(10)15-7-11/h2-8,17H,1H3,(H,14,16). The van der Waals surface area contributed by atoms with Crippen molar-refractivity contribution < 1.29 is 8.42 Å². The molecule has 2 aromatic heterocycles. The maximum Gasteiger partial charge on any atom is 0.279 e. The molecule has 0 spiro atoms. The van der Waals surface area contributed by atoms with E-state index in [9.17, 15) is 8.42 Å². The molecule has 0 aliphatic carbocycles. The molecule has 0 atom stereocenters. The van der Waals surface area contributed by atoms with Gasteiger partial charge in [-0.3, -0.25) is 9.71 Å². The highest BCUT2D eigenvalue weighted by Gasteiger charge is 2.16. The van der Waals surface area contributed by atoms with Gasteiger partial charge in [0.1, 0.15) is 5.82 Å². The Labute approximate surface area is 115 Å². The van der Waals surface area contributed by atoms with E-state index in [0.717, 1.165) is 10.9 Å². The maximum atomic E-state index is 12.1. The summed E-state index contributed by atoms with van der Waals surface area (Å²) in [6.45, 7) is 1.69. The molecule has 0 saturated carbocycles. The molecule has 0 aliphatic heterocycles. The summed E-state index contributed by atoms with van der Waals surface area (Å²) in [5, 5.41) is 0.900. The van der Waals surface area contributed by atoms with Crippen LogP contribution in [0.3, 0.4) is 0 Å². The van der Waals surface area contributed by atoms with Crippen LogP contribution < -0.4 is 4.72 Å². The number of anilines is 1. The lowest BCUT2D eigenvalue weighted by atomic mass is 10.2. The number of nitrogens with one attached hydrogen (secondary N) is 2. The number of sulfonamides is 1. The van der Waals surface area contributed by atoms with Gasteiger partial charge in [0.15, 0.2) is 5.03 Å². The van der Waals surface area contributed by atoms with E-state index in [1.54, 1.807) is 13.0 Å². The predicted molar refractivity (Wildman–Crippen MR) is 75.9 cm³/mol. The first-order valence-electron chi connectivity index (χ1n) is 5.94. The first-order chi connectivity index (χ1) is 9.54. The summed E-state index contributed by atoms with van der Waals surface area (Å²) in [6.07, 6.45) is 2.77. The Morgan fingerprint density at radius 2 is 1.95 bits per heavy atom. The summed E-state index contributed by atoms with van der Waals surface area (Å²) in [5.41, 5.74) is 1.23. The Balaban J connectivity index is 1.96. The average molecular weight is 288 g/mol. The molecule has 2 N–H and O–H groups in total. The minimum atomic E-state index is -3.67. The van der Waals surface area contributed by atoms with Crippen LogP contribution in [0.5, 0.6) is 0 Å². The van der Waals surface area contributed by atoms with Gasteiger partial charge < -0.3 is 4.98 Å². The van der Waals surface area contributed by atoms with E-state index in [4.69, 9.17) is 0 Å². The van der Waals surface area contributed by atoms with Crippen molar-refractivity contribution in [2.24, 2.45) is 0 Å². The molecule has 0 unspecified atom stereocenters. The number of aryl methyl sites for hydroxylation is 1. The second-order valence-electron chi connectivity index (χ2n) is 4.36. The lowest BCUT2D eigenvalue weighted by Crippen LogP contribution is -2.13. The topological polar surface area (TPSA) is 87.7 Å². The van der Waals surface area contributed by atoms with Gasteiger partial charge in [-0.15, -0.1) is 0 Å². The molecule has 0 bridgehead atoms. The summed E-state index contributed by atoms with van der Waals surface area (Å²) in [6, 6.07) is 9.24. The van der Waals surface area contributed by atoms with Gasteiger partial charge in [-0.25, -0.2) is 4.98 Å². The molecular weight excluding hydrogens is 276 g/mol. The van der Waals surface area contributed by atoms with Gasteiger partial charge in [0, 0.05) is 5.39 Å². The van der Waals surface area contributed by atoms with Gasteiger partial charge in [0.25, 0.3) is 10.0 Å². The van der Waals surface area contributed by atoms with Crippen LogP contribution in [0.4, 0.5) is 5.69 Å². The Kier molecular flexibility index (Phi) is 2.90. The van der Waals surface area contributed by atoms with Crippen molar-refractivity contribution in [1.29, 1.82) is 0 Å². The number of aromatic nitrogens is 3. The van der Waals surface area contributed by atoms with Crippen LogP contribution in [0.2, 0.25) is 0 Å². The van der Waals surface area contributed by atoms with Gasteiger partial charge >= 0.3 is 0 Å². The van der Waals surface area contributed by atoms with Gasteiger partial charge in [0.05, 0.1) is 23.6 Å². The third-order valence-electron chi connectivity index (χ3n) is 2.81. The van der Waals surface area contributed by atoms with Crippen molar-refractivity contribution >= 4 is 26.6 Å². The van der Waals surface area contributed by atoms with E-state index >= 15 is 0 Å². The molecule has 3 rings (SSSR count). The van der Waals surface area contributed by atoms with E-state index in [1.807, 2.05) is 24.3 Å². The molecule has 102 valence electrons. The minimum Gasteiger partial charge on any atom is -0.332 e. The number of fused-ring (bicyclic) bond motifs is 1. The SMILES string of the molecule is Cc1ncc(S(=O)(=O)Nc2cnc3ccccc3c2)[nH]1. The number of benzene rings is 1. The summed E-state index contributed by atoms with van der Waals surface area (Å²) in [7, 11) is -3.67. The zero-order valence-electron chi connectivity index (χ0n) is 10.7. The number of pyridine rings is 1. The molecule has 3 aromatic rings. The molecule has 7 heteroatoms. The fourth-order valence-electron chi connectivity index (χ4n) is 1.87. The van der Waals surface area contributed by atoms with Crippen molar-refractivity contribution in [3.8, 4) is 0 Å². The van der Waals surface area contributed by atoms with Crippen LogP contribution in [-0.2, 0) is 10.0 Å². The van der Waals surface area contributed by atoms with Crippen LogP contribution in [-0.4, -0.2) is 23.4 Å². The highest BCUT2D eigenvalue weighted by Crippen LogP contribution is 2.18. The molecular formula is C13H12N4O2S. The first-order valence-corrected chi connectivity index (χ1v) is 7.42. The van der Waals surface area contributed by atoms with E-state index in [0.29, 0.717) is 11.5 Å². The third-order valence-corrected chi connectivity index (χ3v) is 4.10. The zero-order valence-corrected chi connectivity index (χ0v) is 11.5. The fraction of sp³-hybridized carbons (Fsp3) is 0.0769. The highest BCUT2D eigenvalue weighted by atomic mass is 32.2. The summed E-state index contributed by atoms with van der Waals surface area (Å²) < 4.78 is 26.8. The highest BCUT2D eigenvalue weighted by molar-refractivity contribution is 7.92. The molecule has 0 aliphatic rings. The van der Waals surface area contributed by atoms with E-state index in [1.165, 1.54) is 12.4 Å².